The quantitative estimate of drug-likeness (QED) is 0.345. The normalized spacial score (nSPS) is 21.5. The molecule has 8 nitrogen and oxygen atoms in total. The third kappa shape index (κ3) is 4.82. The van der Waals surface area contributed by atoms with Crippen LogP contribution in [0.1, 0.15) is 33.9 Å². The fourth-order valence-corrected chi connectivity index (χ4v) is 4.66. The number of likely N-dealkylation sites (tertiary alicyclic amines) is 1. The Hall–Kier alpha value is -3.10. The molecule has 2 fully saturated rings. The number of Topliss-reactive ketones (excluding diaryl/α,β-unsaturated/α-hetero) is 2. The second kappa shape index (κ2) is 10.2. The molecule has 2 atom stereocenters. The van der Waals surface area contributed by atoms with Gasteiger partial charge in [0.05, 0.1) is 26.4 Å². The molecule has 2 aliphatic rings. The van der Waals surface area contributed by atoms with E-state index in [1.54, 1.807) is 61.7 Å². The highest BCUT2D eigenvalue weighted by Gasteiger charge is 2.51. The third-order valence-electron chi connectivity index (χ3n) is 6.41. The number of pyridine rings is 1. The van der Waals surface area contributed by atoms with Gasteiger partial charge >= 0.3 is 0 Å². The average molecular weight is 452 g/mol. The minimum atomic E-state index is -1.09. The first-order chi connectivity index (χ1) is 16.0. The zero-order valence-corrected chi connectivity index (χ0v) is 19.0. The fourth-order valence-electron chi connectivity index (χ4n) is 4.66. The molecule has 2 aliphatic heterocycles. The van der Waals surface area contributed by atoms with Gasteiger partial charge in [0.2, 0.25) is 5.78 Å². The van der Waals surface area contributed by atoms with Gasteiger partial charge in [0.15, 0.2) is 5.78 Å². The van der Waals surface area contributed by atoms with Crippen LogP contribution in [0.4, 0.5) is 0 Å². The maximum Gasteiger partial charge on any atom is 0.291 e. The van der Waals surface area contributed by atoms with Gasteiger partial charge in [-0.05, 0) is 54.8 Å². The summed E-state index contributed by atoms with van der Waals surface area (Å²) in [5.74, 6) is -2.04. The zero-order valence-electron chi connectivity index (χ0n) is 19.0. The van der Waals surface area contributed by atoms with Crippen LogP contribution in [0.15, 0.2) is 42.7 Å². The lowest BCUT2D eigenvalue weighted by atomic mass is 9.85. The number of carbonyl (C=O) groups excluding carboxylic acids is 3. The third-order valence-corrected chi connectivity index (χ3v) is 6.41. The minimum absolute atomic E-state index is 0.342. The lowest BCUT2D eigenvalue weighted by Crippen LogP contribution is -2.39. The van der Waals surface area contributed by atoms with Crippen molar-refractivity contribution in [2.75, 3.05) is 46.5 Å². The molecule has 2 aromatic rings. The maximum atomic E-state index is 13.6. The first kappa shape index (κ1) is 23.1. The number of aromatic nitrogens is 1. The topological polar surface area (TPSA) is 89.0 Å². The van der Waals surface area contributed by atoms with Gasteiger partial charge in [-0.3, -0.25) is 24.3 Å². The molecule has 0 spiro atoms. The van der Waals surface area contributed by atoms with Crippen molar-refractivity contribution >= 4 is 17.5 Å². The summed E-state index contributed by atoms with van der Waals surface area (Å²) in [6, 6.07) is 8.02. The van der Waals surface area contributed by atoms with E-state index < -0.39 is 23.7 Å². The summed E-state index contributed by atoms with van der Waals surface area (Å²) < 4.78 is 10.6. The number of morpholine rings is 1. The molecular formula is C25H29N3O5. The standard InChI is InChI=1S/C25H29N3O5/c1-17-16-19(32-2)4-5-20(17)23(29)21-22(18-6-8-26-9-7-18)28(25(31)24(21)30)11-3-10-27-12-14-33-15-13-27/h4-9,16,21-22H,3,10-15H2,1-2H3. The largest absolute Gasteiger partial charge is 0.497 e. The predicted octanol–water partition coefficient (Wildman–Crippen LogP) is 2.07. The summed E-state index contributed by atoms with van der Waals surface area (Å²) in [5.41, 5.74) is 1.87. The second-order valence-electron chi connectivity index (χ2n) is 8.42. The number of rotatable bonds is 8. The highest BCUT2D eigenvalue weighted by atomic mass is 16.5. The number of aryl methyl sites for hydroxylation is 1. The molecule has 0 saturated carbocycles. The van der Waals surface area contributed by atoms with E-state index in [-0.39, 0.29) is 5.78 Å². The number of carbonyl (C=O) groups is 3. The average Bonchev–Trinajstić information content (AvgIpc) is 3.10. The van der Waals surface area contributed by atoms with Gasteiger partial charge in [0.25, 0.3) is 5.91 Å². The molecule has 8 heteroatoms. The highest BCUT2D eigenvalue weighted by Crippen LogP contribution is 2.38. The molecule has 3 heterocycles. The van der Waals surface area contributed by atoms with E-state index >= 15 is 0 Å². The van der Waals surface area contributed by atoms with Crippen molar-refractivity contribution in [2.45, 2.75) is 19.4 Å². The Morgan fingerprint density at radius 2 is 1.85 bits per heavy atom. The van der Waals surface area contributed by atoms with Crippen LogP contribution < -0.4 is 4.74 Å². The molecule has 1 aromatic carbocycles. The predicted molar refractivity (Wildman–Crippen MR) is 121 cm³/mol. The van der Waals surface area contributed by atoms with Crippen molar-refractivity contribution in [3.8, 4) is 5.75 Å². The Morgan fingerprint density at radius 3 is 2.52 bits per heavy atom. The van der Waals surface area contributed by atoms with Gasteiger partial charge in [-0.15, -0.1) is 0 Å². The number of hydrogen-bond acceptors (Lipinski definition) is 7. The first-order valence-corrected chi connectivity index (χ1v) is 11.2. The molecular weight excluding hydrogens is 422 g/mol. The molecule has 0 bridgehead atoms. The van der Waals surface area contributed by atoms with E-state index in [0.29, 0.717) is 43.1 Å². The van der Waals surface area contributed by atoms with Crippen molar-refractivity contribution in [3.63, 3.8) is 0 Å². The van der Waals surface area contributed by atoms with Gasteiger partial charge in [-0.1, -0.05) is 0 Å². The highest BCUT2D eigenvalue weighted by molar-refractivity contribution is 6.44. The van der Waals surface area contributed by atoms with Crippen molar-refractivity contribution in [2.24, 2.45) is 5.92 Å². The number of ether oxygens (including phenoxy) is 2. The van der Waals surface area contributed by atoms with Crippen LogP contribution in [0.2, 0.25) is 0 Å². The number of ketones is 2. The van der Waals surface area contributed by atoms with Crippen LogP contribution in [0, 0.1) is 12.8 Å². The Balaban J connectivity index is 1.60. The van der Waals surface area contributed by atoms with Crippen LogP contribution in [0.25, 0.3) is 0 Å². The maximum absolute atomic E-state index is 13.6. The van der Waals surface area contributed by atoms with Gasteiger partial charge in [-0.2, -0.15) is 0 Å². The van der Waals surface area contributed by atoms with Gasteiger partial charge in [0, 0.05) is 44.1 Å². The van der Waals surface area contributed by atoms with E-state index in [2.05, 4.69) is 9.88 Å². The molecule has 0 radical (unpaired) electrons. The Labute approximate surface area is 193 Å². The summed E-state index contributed by atoms with van der Waals surface area (Å²) in [4.78, 5) is 47.7. The molecule has 1 aromatic heterocycles. The number of nitrogens with zero attached hydrogens (tertiary/aromatic N) is 3. The smallest absolute Gasteiger partial charge is 0.291 e. The zero-order chi connectivity index (χ0) is 23.4. The van der Waals surface area contributed by atoms with Crippen molar-refractivity contribution < 1.29 is 23.9 Å². The van der Waals surface area contributed by atoms with Crippen LogP contribution in [-0.2, 0) is 14.3 Å². The molecule has 1 amide bonds. The lowest BCUT2D eigenvalue weighted by molar-refractivity contribution is -0.140. The number of hydrogen-bond donors (Lipinski definition) is 0. The monoisotopic (exact) mass is 451 g/mol. The van der Waals surface area contributed by atoms with Crippen molar-refractivity contribution in [3.05, 3.63) is 59.4 Å². The molecule has 2 unspecified atom stereocenters. The Bertz CT molecular complexity index is 1020. The minimum Gasteiger partial charge on any atom is -0.497 e. The second-order valence-corrected chi connectivity index (χ2v) is 8.42. The van der Waals surface area contributed by atoms with E-state index in [9.17, 15) is 14.4 Å². The molecule has 0 aliphatic carbocycles. The van der Waals surface area contributed by atoms with Gasteiger partial charge in [0.1, 0.15) is 11.7 Å². The first-order valence-electron chi connectivity index (χ1n) is 11.2. The SMILES string of the molecule is COc1ccc(C(=O)C2C(=O)C(=O)N(CCCN3CCOCC3)C2c2ccncc2)c(C)c1. The van der Waals surface area contributed by atoms with E-state index in [4.69, 9.17) is 9.47 Å². The van der Waals surface area contributed by atoms with Gasteiger partial charge < -0.3 is 14.4 Å². The fraction of sp³-hybridized carbons (Fsp3) is 0.440. The van der Waals surface area contributed by atoms with Crippen molar-refractivity contribution in [1.82, 2.24) is 14.8 Å². The number of methoxy groups -OCH3 is 1. The molecule has 4 rings (SSSR count). The molecule has 2 saturated heterocycles. The van der Waals surface area contributed by atoms with Gasteiger partial charge in [-0.25, -0.2) is 0 Å². The lowest BCUT2D eigenvalue weighted by Gasteiger charge is -2.30. The summed E-state index contributed by atoms with van der Waals surface area (Å²) >= 11 is 0. The summed E-state index contributed by atoms with van der Waals surface area (Å²) in [7, 11) is 1.56. The summed E-state index contributed by atoms with van der Waals surface area (Å²) in [5, 5.41) is 0. The van der Waals surface area contributed by atoms with Crippen LogP contribution >= 0.6 is 0 Å². The molecule has 174 valence electrons. The Kier molecular flexibility index (Phi) is 7.15. The van der Waals surface area contributed by atoms with E-state index in [1.165, 1.54) is 0 Å². The van der Waals surface area contributed by atoms with Crippen LogP contribution in [-0.4, -0.2) is 78.8 Å². The molecule has 33 heavy (non-hydrogen) atoms. The summed E-state index contributed by atoms with van der Waals surface area (Å²) in [6.07, 6.45) is 3.95. The number of benzene rings is 1. The van der Waals surface area contributed by atoms with Crippen molar-refractivity contribution in [1.29, 1.82) is 0 Å². The van der Waals surface area contributed by atoms with E-state index in [0.717, 1.165) is 25.2 Å². The Morgan fingerprint density at radius 1 is 1.12 bits per heavy atom. The number of amides is 1. The van der Waals surface area contributed by atoms with Crippen LogP contribution in [0.5, 0.6) is 5.75 Å². The van der Waals surface area contributed by atoms with E-state index in [1.807, 2.05) is 0 Å². The molecule has 0 N–H and O–H groups in total. The van der Waals surface area contributed by atoms with Crippen LogP contribution in [0.3, 0.4) is 0 Å². The summed E-state index contributed by atoms with van der Waals surface area (Å²) in [6.45, 7) is 6.15.